The van der Waals surface area contributed by atoms with Crippen LogP contribution in [-0.4, -0.2) is 13.7 Å². The Bertz CT molecular complexity index is 334. The van der Waals surface area contributed by atoms with Gasteiger partial charge in [-0.1, -0.05) is 6.42 Å². The molecule has 1 aromatic carbocycles. The van der Waals surface area contributed by atoms with Gasteiger partial charge in [0.2, 0.25) is 0 Å². The van der Waals surface area contributed by atoms with E-state index in [2.05, 4.69) is 0 Å². The second-order valence-corrected chi connectivity index (χ2v) is 4.01. The third-order valence-corrected chi connectivity index (χ3v) is 2.92. The lowest BCUT2D eigenvalue weighted by Gasteiger charge is -2.25. The average molecular weight is 207 g/mol. The Balaban J connectivity index is 1.95. The molecule has 0 heterocycles. The van der Waals surface area contributed by atoms with Crippen molar-refractivity contribution in [3.8, 4) is 11.5 Å². The summed E-state index contributed by atoms with van der Waals surface area (Å²) in [5, 5.41) is 0. The Morgan fingerprint density at radius 2 is 2.20 bits per heavy atom. The molecular formula is C12H17NO2. The van der Waals surface area contributed by atoms with E-state index in [0.717, 1.165) is 24.0 Å². The number of hydrogen-bond donors (Lipinski definition) is 1. The van der Waals surface area contributed by atoms with E-state index >= 15 is 0 Å². The van der Waals surface area contributed by atoms with E-state index in [1.165, 1.54) is 19.3 Å². The van der Waals surface area contributed by atoms with Crippen molar-refractivity contribution in [3.63, 3.8) is 0 Å². The zero-order chi connectivity index (χ0) is 10.7. The fraction of sp³-hybridized carbons (Fsp3) is 0.500. The highest BCUT2D eigenvalue weighted by atomic mass is 16.5. The summed E-state index contributed by atoms with van der Waals surface area (Å²) < 4.78 is 10.7. The number of nitrogen functional groups attached to an aromatic ring is 1. The lowest BCUT2D eigenvalue weighted by atomic mass is 9.86. The Morgan fingerprint density at radius 1 is 1.40 bits per heavy atom. The summed E-state index contributed by atoms with van der Waals surface area (Å²) in [6.07, 6.45) is 3.91. The maximum atomic E-state index is 5.84. The largest absolute Gasteiger partial charge is 0.497 e. The normalized spacial score (nSPS) is 15.8. The van der Waals surface area contributed by atoms with Crippen LogP contribution in [0.4, 0.5) is 5.69 Å². The predicted octanol–water partition coefficient (Wildman–Crippen LogP) is 2.46. The van der Waals surface area contributed by atoms with Crippen LogP contribution < -0.4 is 15.2 Å². The Labute approximate surface area is 90.2 Å². The average Bonchev–Trinajstić information content (AvgIpc) is 2.18. The lowest BCUT2D eigenvalue weighted by molar-refractivity contribution is 0.181. The van der Waals surface area contributed by atoms with E-state index < -0.39 is 0 Å². The molecule has 1 aliphatic carbocycles. The van der Waals surface area contributed by atoms with Gasteiger partial charge in [-0.2, -0.15) is 0 Å². The second kappa shape index (κ2) is 4.43. The molecule has 0 atom stereocenters. The fourth-order valence-corrected chi connectivity index (χ4v) is 1.65. The van der Waals surface area contributed by atoms with Gasteiger partial charge in [0, 0.05) is 6.07 Å². The van der Waals surface area contributed by atoms with E-state index in [4.69, 9.17) is 15.2 Å². The van der Waals surface area contributed by atoms with Crippen LogP contribution in [-0.2, 0) is 0 Å². The minimum absolute atomic E-state index is 0.647. The maximum Gasteiger partial charge on any atom is 0.142 e. The van der Waals surface area contributed by atoms with Gasteiger partial charge in [-0.05, 0) is 30.9 Å². The molecule has 1 aliphatic rings. The second-order valence-electron chi connectivity index (χ2n) is 4.01. The molecule has 0 aromatic heterocycles. The number of rotatable bonds is 4. The Kier molecular flexibility index (Phi) is 2.99. The lowest BCUT2D eigenvalue weighted by Crippen LogP contribution is -2.19. The molecule has 0 radical (unpaired) electrons. The van der Waals surface area contributed by atoms with Gasteiger partial charge in [0.05, 0.1) is 19.4 Å². The van der Waals surface area contributed by atoms with Crippen molar-refractivity contribution in [3.05, 3.63) is 18.2 Å². The van der Waals surface area contributed by atoms with Gasteiger partial charge in [0.1, 0.15) is 11.5 Å². The molecule has 82 valence electrons. The van der Waals surface area contributed by atoms with E-state index in [1.807, 2.05) is 12.1 Å². The van der Waals surface area contributed by atoms with E-state index in [9.17, 15) is 0 Å². The van der Waals surface area contributed by atoms with Gasteiger partial charge in [-0.25, -0.2) is 0 Å². The number of nitrogens with two attached hydrogens (primary N) is 1. The first kappa shape index (κ1) is 10.1. The van der Waals surface area contributed by atoms with Crippen LogP contribution >= 0.6 is 0 Å². The molecule has 0 saturated heterocycles. The summed E-state index contributed by atoms with van der Waals surface area (Å²) in [4.78, 5) is 0. The zero-order valence-corrected chi connectivity index (χ0v) is 9.03. The van der Waals surface area contributed by atoms with Gasteiger partial charge in [0.15, 0.2) is 0 Å². The molecule has 15 heavy (non-hydrogen) atoms. The number of ether oxygens (including phenoxy) is 2. The first-order valence-corrected chi connectivity index (χ1v) is 5.36. The van der Waals surface area contributed by atoms with Gasteiger partial charge in [-0.15, -0.1) is 0 Å². The highest BCUT2D eigenvalue weighted by molar-refractivity contribution is 5.56. The van der Waals surface area contributed by atoms with Crippen LogP contribution in [0.15, 0.2) is 18.2 Å². The van der Waals surface area contributed by atoms with Crippen molar-refractivity contribution in [1.82, 2.24) is 0 Å². The summed E-state index contributed by atoms with van der Waals surface area (Å²) in [6, 6.07) is 5.52. The van der Waals surface area contributed by atoms with Gasteiger partial charge >= 0.3 is 0 Å². The predicted molar refractivity (Wildman–Crippen MR) is 60.2 cm³/mol. The molecule has 0 unspecified atom stereocenters. The zero-order valence-electron chi connectivity index (χ0n) is 9.03. The highest BCUT2D eigenvalue weighted by Gasteiger charge is 2.18. The van der Waals surface area contributed by atoms with Gasteiger partial charge < -0.3 is 15.2 Å². The number of anilines is 1. The highest BCUT2D eigenvalue weighted by Crippen LogP contribution is 2.30. The molecule has 1 saturated carbocycles. The third-order valence-electron chi connectivity index (χ3n) is 2.92. The van der Waals surface area contributed by atoms with Crippen molar-refractivity contribution >= 4 is 5.69 Å². The van der Waals surface area contributed by atoms with E-state index in [1.54, 1.807) is 13.2 Å². The number of methoxy groups -OCH3 is 1. The smallest absolute Gasteiger partial charge is 0.142 e. The van der Waals surface area contributed by atoms with E-state index in [0.29, 0.717) is 5.69 Å². The molecular weight excluding hydrogens is 190 g/mol. The van der Waals surface area contributed by atoms with Crippen LogP contribution in [0.3, 0.4) is 0 Å². The molecule has 0 bridgehead atoms. The summed E-state index contributed by atoms with van der Waals surface area (Å²) in [6.45, 7) is 0.788. The monoisotopic (exact) mass is 207 g/mol. The summed E-state index contributed by atoms with van der Waals surface area (Å²) in [5.74, 6) is 2.26. The molecule has 2 N–H and O–H groups in total. The van der Waals surface area contributed by atoms with Crippen LogP contribution in [0, 0.1) is 5.92 Å². The molecule has 0 aliphatic heterocycles. The summed E-state index contributed by atoms with van der Waals surface area (Å²) in [7, 11) is 1.63. The topological polar surface area (TPSA) is 44.5 Å². The minimum atomic E-state index is 0.647. The molecule has 3 heteroatoms. The first-order valence-electron chi connectivity index (χ1n) is 5.36. The third kappa shape index (κ3) is 2.35. The van der Waals surface area contributed by atoms with Gasteiger partial charge in [-0.3, -0.25) is 0 Å². The first-order chi connectivity index (χ1) is 7.29. The quantitative estimate of drug-likeness (QED) is 0.771. The van der Waals surface area contributed by atoms with Crippen molar-refractivity contribution in [2.24, 2.45) is 5.92 Å². The van der Waals surface area contributed by atoms with Crippen molar-refractivity contribution < 1.29 is 9.47 Å². The Hall–Kier alpha value is -1.38. The number of hydrogen-bond acceptors (Lipinski definition) is 3. The molecule has 3 nitrogen and oxygen atoms in total. The molecule has 0 amide bonds. The Morgan fingerprint density at radius 3 is 2.73 bits per heavy atom. The standard InChI is InChI=1S/C12H17NO2/c1-14-10-5-6-12(11(13)7-10)15-8-9-3-2-4-9/h5-7,9H,2-4,8,13H2,1H3. The molecule has 1 aromatic rings. The van der Waals surface area contributed by atoms with Crippen LogP contribution in [0.25, 0.3) is 0 Å². The maximum absolute atomic E-state index is 5.84. The fourth-order valence-electron chi connectivity index (χ4n) is 1.65. The van der Waals surface area contributed by atoms with E-state index in [-0.39, 0.29) is 0 Å². The summed E-state index contributed by atoms with van der Waals surface area (Å²) >= 11 is 0. The molecule has 2 rings (SSSR count). The molecule has 1 fully saturated rings. The van der Waals surface area contributed by atoms with Crippen LogP contribution in [0.1, 0.15) is 19.3 Å². The summed E-state index contributed by atoms with van der Waals surface area (Å²) in [5.41, 5.74) is 6.48. The van der Waals surface area contributed by atoms with Crippen molar-refractivity contribution in [2.75, 3.05) is 19.5 Å². The van der Waals surface area contributed by atoms with Crippen LogP contribution in [0.2, 0.25) is 0 Å². The van der Waals surface area contributed by atoms with Crippen LogP contribution in [0.5, 0.6) is 11.5 Å². The minimum Gasteiger partial charge on any atom is -0.497 e. The van der Waals surface area contributed by atoms with Crippen molar-refractivity contribution in [1.29, 1.82) is 0 Å². The molecule has 0 spiro atoms. The number of benzene rings is 1. The van der Waals surface area contributed by atoms with Crippen molar-refractivity contribution in [2.45, 2.75) is 19.3 Å². The van der Waals surface area contributed by atoms with Gasteiger partial charge in [0.25, 0.3) is 0 Å². The SMILES string of the molecule is COc1ccc(OCC2CCC2)c(N)c1.